The van der Waals surface area contributed by atoms with E-state index in [9.17, 15) is 4.79 Å². The van der Waals surface area contributed by atoms with Gasteiger partial charge in [0.2, 0.25) is 0 Å². The second-order valence-corrected chi connectivity index (χ2v) is 3.05. The van der Waals surface area contributed by atoms with Crippen molar-refractivity contribution in [2.75, 3.05) is 13.2 Å². The number of carbonyl (C=O) groups is 1. The molecule has 0 fully saturated rings. The summed E-state index contributed by atoms with van der Waals surface area (Å²) in [6, 6.07) is 7.30. The second kappa shape index (κ2) is 6.46. The van der Waals surface area contributed by atoms with Gasteiger partial charge in [-0.1, -0.05) is 12.1 Å². The zero-order valence-electron chi connectivity index (χ0n) is 9.10. The lowest BCUT2D eigenvalue weighted by Crippen LogP contribution is -2.06. The summed E-state index contributed by atoms with van der Waals surface area (Å²) in [7, 11) is 0. The Kier molecular flexibility index (Phi) is 4.87. The lowest BCUT2D eigenvalue weighted by atomic mass is 10.2. The number of ether oxygens (including phenoxy) is 2. The maximum Gasteiger partial charge on any atom is 0.387 e. The first-order valence-corrected chi connectivity index (χ1v) is 4.97. The molecule has 0 aromatic heterocycles. The Balaban J connectivity index is 2.43. The molecular formula is C12H13NO3. The molecule has 16 heavy (non-hydrogen) atoms. The summed E-state index contributed by atoms with van der Waals surface area (Å²) in [4.78, 5) is 13.9. The largest absolute Gasteiger partial charge is 0.494 e. The first kappa shape index (κ1) is 12.1. The van der Waals surface area contributed by atoms with Crippen LogP contribution in [0, 0.1) is 6.57 Å². The normalized spacial score (nSPS) is 9.25. The molecule has 0 saturated carbocycles. The van der Waals surface area contributed by atoms with Crippen molar-refractivity contribution in [2.45, 2.75) is 13.5 Å². The van der Waals surface area contributed by atoms with Crippen LogP contribution in [0.3, 0.4) is 0 Å². The third-order valence-corrected chi connectivity index (χ3v) is 1.84. The van der Waals surface area contributed by atoms with Crippen LogP contribution < -0.4 is 4.74 Å². The number of hydrogen-bond acceptors (Lipinski definition) is 3. The maximum absolute atomic E-state index is 10.9. The second-order valence-electron chi connectivity index (χ2n) is 3.05. The highest BCUT2D eigenvalue weighted by Gasteiger charge is 2.05. The first-order chi connectivity index (χ1) is 7.76. The molecule has 0 aliphatic rings. The van der Waals surface area contributed by atoms with Crippen molar-refractivity contribution in [3.8, 4) is 5.75 Å². The van der Waals surface area contributed by atoms with Crippen LogP contribution >= 0.6 is 0 Å². The van der Waals surface area contributed by atoms with Crippen LogP contribution in [0.2, 0.25) is 0 Å². The average molecular weight is 219 g/mol. The van der Waals surface area contributed by atoms with Crippen molar-refractivity contribution in [3.63, 3.8) is 0 Å². The molecule has 0 unspecified atom stereocenters. The van der Waals surface area contributed by atoms with E-state index in [1.807, 2.05) is 31.2 Å². The zero-order valence-corrected chi connectivity index (χ0v) is 9.10. The van der Waals surface area contributed by atoms with E-state index in [0.29, 0.717) is 6.61 Å². The molecule has 0 amide bonds. The number of nitrogens with zero attached hydrogens (tertiary/aromatic N) is 1. The van der Waals surface area contributed by atoms with E-state index in [2.05, 4.69) is 4.85 Å². The Morgan fingerprint density at radius 2 is 2.06 bits per heavy atom. The fourth-order valence-corrected chi connectivity index (χ4v) is 1.12. The molecule has 1 aromatic carbocycles. The summed E-state index contributed by atoms with van der Waals surface area (Å²) in [5.41, 5.74) is 0.877. The molecule has 4 nitrogen and oxygen atoms in total. The van der Waals surface area contributed by atoms with Crippen LogP contribution in [0.5, 0.6) is 5.75 Å². The van der Waals surface area contributed by atoms with Gasteiger partial charge in [0, 0.05) is 0 Å². The van der Waals surface area contributed by atoms with Crippen LogP contribution in [0.25, 0.3) is 4.85 Å². The van der Waals surface area contributed by atoms with E-state index in [0.717, 1.165) is 11.3 Å². The summed E-state index contributed by atoms with van der Waals surface area (Å²) in [6.45, 7) is 9.01. The number of carbonyl (C=O) groups excluding carboxylic acids is 1. The standard InChI is InChI=1S/C12H13NO3/c1-3-15-11-6-4-10(5-7-11)9-16-12(14)8-13-2/h4-7H,3,8-9H2,1H3. The van der Waals surface area contributed by atoms with Gasteiger partial charge in [0.25, 0.3) is 0 Å². The van der Waals surface area contributed by atoms with E-state index >= 15 is 0 Å². The fourth-order valence-electron chi connectivity index (χ4n) is 1.12. The smallest absolute Gasteiger partial charge is 0.387 e. The summed E-state index contributed by atoms with van der Waals surface area (Å²) in [5.74, 6) is 0.294. The number of rotatable bonds is 5. The molecule has 0 aliphatic heterocycles. The van der Waals surface area contributed by atoms with Crippen LogP contribution in [0.1, 0.15) is 12.5 Å². The first-order valence-electron chi connectivity index (χ1n) is 4.97. The highest BCUT2D eigenvalue weighted by molar-refractivity contribution is 5.73. The van der Waals surface area contributed by atoms with Crippen molar-refractivity contribution in [3.05, 3.63) is 41.2 Å². The third kappa shape index (κ3) is 4.01. The van der Waals surface area contributed by atoms with Gasteiger partial charge in [-0.3, -0.25) is 0 Å². The molecule has 0 bridgehead atoms. The molecule has 84 valence electrons. The molecule has 0 radical (unpaired) electrons. The molecule has 1 rings (SSSR count). The van der Waals surface area contributed by atoms with Crippen LogP contribution in [0.15, 0.2) is 24.3 Å². The van der Waals surface area contributed by atoms with Crippen molar-refractivity contribution in [2.24, 2.45) is 0 Å². The summed E-state index contributed by atoms with van der Waals surface area (Å²) in [6.07, 6.45) is 0. The van der Waals surface area contributed by atoms with E-state index < -0.39 is 5.97 Å². The molecule has 0 atom stereocenters. The van der Waals surface area contributed by atoms with E-state index in [1.54, 1.807) is 0 Å². The number of benzene rings is 1. The zero-order chi connectivity index (χ0) is 11.8. The van der Waals surface area contributed by atoms with Crippen molar-refractivity contribution < 1.29 is 14.3 Å². The minimum Gasteiger partial charge on any atom is -0.494 e. The van der Waals surface area contributed by atoms with Gasteiger partial charge in [-0.05, 0) is 24.6 Å². The minimum absolute atomic E-state index is 0.195. The SMILES string of the molecule is [C-]#[N+]CC(=O)OCc1ccc(OCC)cc1. The predicted molar refractivity (Wildman–Crippen MR) is 58.9 cm³/mol. The summed E-state index contributed by atoms with van der Waals surface area (Å²) < 4.78 is 10.2. The summed E-state index contributed by atoms with van der Waals surface area (Å²) in [5, 5.41) is 0. The lowest BCUT2D eigenvalue weighted by molar-refractivity contribution is -0.142. The van der Waals surface area contributed by atoms with Crippen LogP contribution in [-0.2, 0) is 16.1 Å². The van der Waals surface area contributed by atoms with Gasteiger partial charge in [0.15, 0.2) is 0 Å². The van der Waals surface area contributed by atoms with E-state index in [4.69, 9.17) is 16.0 Å². The van der Waals surface area contributed by atoms with Gasteiger partial charge in [-0.2, -0.15) is 0 Å². The molecule has 4 heteroatoms. The quantitative estimate of drug-likeness (QED) is 0.562. The molecule has 0 aliphatic carbocycles. The van der Waals surface area contributed by atoms with E-state index in [-0.39, 0.29) is 13.2 Å². The Hall–Kier alpha value is -2.02. The van der Waals surface area contributed by atoms with Gasteiger partial charge in [0.1, 0.15) is 12.4 Å². The Morgan fingerprint density at radius 1 is 1.38 bits per heavy atom. The van der Waals surface area contributed by atoms with Crippen molar-refractivity contribution in [1.29, 1.82) is 0 Å². The van der Waals surface area contributed by atoms with Crippen molar-refractivity contribution in [1.82, 2.24) is 0 Å². The lowest BCUT2D eigenvalue weighted by Gasteiger charge is -2.04. The molecule has 0 spiro atoms. The van der Waals surface area contributed by atoms with Gasteiger partial charge in [-0.25, -0.2) is 11.4 Å². The molecule has 1 aromatic rings. The number of hydrogen-bond donors (Lipinski definition) is 0. The van der Waals surface area contributed by atoms with Crippen LogP contribution in [0.4, 0.5) is 0 Å². The summed E-state index contributed by atoms with van der Waals surface area (Å²) >= 11 is 0. The molecule has 0 N–H and O–H groups in total. The Bertz CT molecular complexity index is 378. The fraction of sp³-hybridized carbons (Fsp3) is 0.333. The Labute approximate surface area is 94.6 Å². The van der Waals surface area contributed by atoms with Crippen molar-refractivity contribution >= 4 is 5.97 Å². The molecule has 0 saturated heterocycles. The highest BCUT2D eigenvalue weighted by Crippen LogP contribution is 2.12. The van der Waals surface area contributed by atoms with Gasteiger partial charge in [0.05, 0.1) is 6.61 Å². The molecular weight excluding hydrogens is 206 g/mol. The highest BCUT2D eigenvalue weighted by atomic mass is 16.5. The van der Waals surface area contributed by atoms with Crippen LogP contribution in [-0.4, -0.2) is 19.1 Å². The predicted octanol–water partition coefficient (Wildman–Crippen LogP) is 2.05. The van der Waals surface area contributed by atoms with Gasteiger partial charge >= 0.3 is 12.5 Å². The molecule has 0 heterocycles. The number of esters is 1. The monoisotopic (exact) mass is 219 g/mol. The maximum atomic E-state index is 10.9. The van der Waals surface area contributed by atoms with E-state index in [1.165, 1.54) is 0 Å². The average Bonchev–Trinajstić information content (AvgIpc) is 2.29. The topological polar surface area (TPSA) is 39.9 Å². The minimum atomic E-state index is -0.496. The van der Waals surface area contributed by atoms with Gasteiger partial charge in [-0.15, -0.1) is 0 Å². The van der Waals surface area contributed by atoms with Gasteiger partial charge < -0.3 is 14.3 Å². The Morgan fingerprint density at radius 3 is 2.62 bits per heavy atom. The third-order valence-electron chi connectivity index (χ3n) is 1.84.